The predicted octanol–water partition coefficient (Wildman–Crippen LogP) is 1.08. The Kier molecular flexibility index (Phi) is 4.75. The van der Waals surface area contributed by atoms with Crippen LogP contribution in [0.4, 0.5) is 0 Å². The Bertz CT molecular complexity index is 488. The summed E-state index contributed by atoms with van der Waals surface area (Å²) >= 11 is 5.90. The van der Waals surface area contributed by atoms with Gasteiger partial charge in [-0.1, -0.05) is 30.7 Å². The molecule has 20 heavy (non-hydrogen) atoms. The summed E-state index contributed by atoms with van der Waals surface area (Å²) in [6.07, 6.45) is 0.750. The predicted molar refractivity (Wildman–Crippen MR) is 77.2 cm³/mol. The zero-order valence-electron chi connectivity index (χ0n) is 11.3. The van der Waals surface area contributed by atoms with E-state index in [4.69, 9.17) is 17.3 Å². The molecule has 1 heterocycles. The van der Waals surface area contributed by atoms with Gasteiger partial charge >= 0.3 is 0 Å². The topological polar surface area (TPSA) is 75.4 Å². The number of nitrogens with zero attached hydrogens (tertiary/aromatic N) is 1. The summed E-state index contributed by atoms with van der Waals surface area (Å²) in [6.45, 7) is 2.33. The number of carbonyl (C=O) groups is 2. The molecule has 0 saturated carbocycles. The molecule has 5 nitrogen and oxygen atoms in total. The van der Waals surface area contributed by atoms with Crippen molar-refractivity contribution in [2.45, 2.75) is 25.4 Å². The maximum atomic E-state index is 11.5. The van der Waals surface area contributed by atoms with Crippen LogP contribution < -0.4 is 11.1 Å². The average molecular weight is 296 g/mol. The van der Waals surface area contributed by atoms with Crippen molar-refractivity contribution in [2.24, 2.45) is 5.73 Å². The number of benzene rings is 1. The Hall–Kier alpha value is -1.43. The molecule has 2 rings (SSSR count). The second-order valence-corrected chi connectivity index (χ2v) is 5.38. The summed E-state index contributed by atoms with van der Waals surface area (Å²) in [5, 5.41) is 2.94. The van der Waals surface area contributed by atoms with Gasteiger partial charge in [0.25, 0.3) is 0 Å². The second-order valence-electron chi connectivity index (χ2n) is 4.94. The Morgan fingerprint density at radius 1 is 1.25 bits per heavy atom. The number of imide groups is 1. The minimum atomic E-state index is -0.288. The molecule has 2 atom stereocenters. The van der Waals surface area contributed by atoms with E-state index >= 15 is 0 Å². The minimum Gasteiger partial charge on any atom is -0.326 e. The van der Waals surface area contributed by atoms with Crippen LogP contribution in [0.25, 0.3) is 0 Å². The smallest absolute Gasteiger partial charge is 0.240 e. The molecule has 1 aliphatic rings. The van der Waals surface area contributed by atoms with E-state index in [1.807, 2.05) is 24.0 Å². The fraction of sp³-hybridized carbons (Fsp3) is 0.429. The van der Waals surface area contributed by atoms with Crippen LogP contribution in [0, 0.1) is 0 Å². The first-order valence-electron chi connectivity index (χ1n) is 6.59. The molecule has 0 radical (unpaired) electrons. The van der Waals surface area contributed by atoms with E-state index in [0.717, 1.165) is 12.0 Å². The lowest BCUT2D eigenvalue weighted by Gasteiger charge is -2.36. The Morgan fingerprint density at radius 2 is 1.80 bits per heavy atom. The number of rotatable bonds is 4. The number of nitrogens with two attached hydrogens (primary N) is 1. The average Bonchev–Trinajstić information content (AvgIpc) is 2.40. The molecule has 108 valence electrons. The summed E-state index contributed by atoms with van der Waals surface area (Å²) in [5.41, 5.74) is 7.16. The SMILES string of the molecule is CCC(N)C(c1ccc(Cl)cc1)N1CC(=O)NC(=O)C1. The van der Waals surface area contributed by atoms with Gasteiger partial charge in [0, 0.05) is 11.1 Å². The third kappa shape index (κ3) is 3.36. The lowest BCUT2D eigenvalue weighted by Crippen LogP contribution is -2.55. The molecule has 0 aromatic heterocycles. The van der Waals surface area contributed by atoms with Crippen LogP contribution in [0.15, 0.2) is 24.3 Å². The highest BCUT2D eigenvalue weighted by atomic mass is 35.5. The van der Waals surface area contributed by atoms with Crippen LogP contribution in [0.3, 0.4) is 0 Å². The maximum absolute atomic E-state index is 11.5. The van der Waals surface area contributed by atoms with Crippen molar-refractivity contribution in [3.8, 4) is 0 Å². The van der Waals surface area contributed by atoms with Gasteiger partial charge in [0.15, 0.2) is 0 Å². The number of amides is 2. The fourth-order valence-electron chi connectivity index (χ4n) is 2.47. The van der Waals surface area contributed by atoms with Crippen LogP contribution in [-0.2, 0) is 9.59 Å². The van der Waals surface area contributed by atoms with E-state index in [0.29, 0.717) is 5.02 Å². The van der Waals surface area contributed by atoms with Crippen molar-refractivity contribution < 1.29 is 9.59 Å². The van der Waals surface area contributed by atoms with Crippen LogP contribution >= 0.6 is 11.6 Å². The third-order valence-corrected chi connectivity index (χ3v) is 3.71. The molecule has 3 N–H and O–H groups in total. The highest BCUT2D eigenvalue weighted by molar-refractivity contribution is 6.30. The van der Waals surface area contributed by atoms with Gasteiger partial charge in [0.2, 0.25) is 11.8 Å². The number of carbonyl (C=O) groups excluding carboxylic acids is 2. The van der Waals surface area contributed by atoms with Gasteiger partial charge in [-0.25, -0.2) is 0 Å². The fourth-order valence-corrected chi connectivity index (χ4v) is 2.59. The van der Waals surface area contributed by atoms with Gasteiger partial charge in [-0.2, -0.15) is 0 Å². The van der Waals surface area contributed by atoms with Crippen molar-refractivity contribution in [1.29, 1.82) is 0 Å². The maximum Gasteiger partial charge on any atom is 0.240 e. The summed E-state index contributed by atoms with van der Waals surface area (Å²) in [7, 11) is 0. The molecule has 1 aromatic rings. The van der Waals surface area contributed by atoms with Crippen molar-refractivity contribution in [3.63, 3.8) is 0 Å². The highest BCUT2D eigenvalue weighted by Crippen LogP contribution is 2.26. The van der Waals surface area contributed by atoms with E-state index in [-0.39, 0.29) is 37.0 Å². The number of hydrogen-bond acceptors (Lipinski definition) is 4. The number of halogens is 1. The van der Waals surface area contributed by atoms with Crippen molar-refractivity contribution in [3.05, 3.63) is 34.9 Å². The third-order valence-electron chi connectivity index (χ3n) is 3.45. The molecule has 1 aliphatic heterocycles. The summed E-state index contributed by atoms with van der Waals surface area (Å²) in [5.74, 6) is -0.577. The first-order valence-corrected chi connectivity index (χ1v) is 6.97. The first kappa shape index (κ1) is 15.0. The van der Waals surface area contributed by atoms with Crippen molar-refractivity contribution in [1.82, 2.24) is 10.2 Å². The highest BCUT2D eigenvalue weighted by Gasteiger charge is 2.32. The Balaban J connectivity index is 2.29. The van der Waals surface area contributed by atoms with Crippen LogP contribution in [0.2, 0.25) is 5.02 Å². The minimum absolute atomic E-state index is 0.158. The van der Waals surface area contributed by atoms with E-state index in [2.05, 4.69) is 5.32 Å². The monoisotopic (exact) mass is 295 g/mol. The van der Waals surface area contributed by atoms with E-state index in [1.165, 1.54) is 0 Å². The lowest BCUT2D eigenvalue weighted by molar-refractivity contribution is -0.137. The molecule has 2 unspecified atom stereocenters. The zero-order chi connectivity index (χ0) is 14.7. The lowest BCUT2D eigenvalue weighted by atomic mass is 9.95. The zero-order valence-corrected chi connectivity index (χ0v) is 12.1. The number of piperazine rings is 1. The molecular formula is C14H18ClN3O2. The molecule has 1 aromatic carbocycles. The molecule has 1 fully saturated rings. The molecule has 0 bridgehead atoms. The van der Waals surface area contributed by atoms with E-state index < -0.39 is 0 Å². The summed E-state index contributed by atoms with van der Waals surface area (Å²) in [4.78, 5) is 24.9. The van der Waals surface area contributed by atoms with Crippen LogP contribution in [0.5, 0.6) is 0 Å². The van der Waals surface area contributed by atoms with Gasteiger partial charge in [-0.05, 0) is 24.1 Å². The van der Waals surface area contributed by atoms with Gasteiger partial charge < -0.3 is 5.73 Å². The van der Waals surface area contributed by atoms with Crippen LogP contribution in [0.1, 0.15) is 24.9 Å². The number of hydrogen-bond donors (Lipinski definition) is 2. The van der Waals surface area contributed by atoms with Crippen LogP contribution in [-0.4, -0.2) is 35.8 Å². The van der Waals surface area contributed by atoms with Crippen molar-refractivity contribution >= 4 is 23.4 Å². The van der Waals surface area contributed by atoms with Gasteiger partial charge in [0.1, 0.15) is 0 Å². The molecule has 6 heteroatoms. The Morgan fingerprint density at radius 3 is 2.30 bits per heavy atom. The standard InChI is InChI=1S/C14H18ClN3O2/c1-2-11(16)14(9-3-5-10(15)6-4-9)18-7-12(19)17-13(20)8-18/h3-6,11,14H,2,7-8,16H2,1H3,(H,17,19,20). The molecule has 0 spiro atoms. The molecule has 2 amide bonds. The van der Waals surface area contributed by atoms with E-state index in [1.54, 1.807) is 12.1 Å². The van der Waals surface area contributed by atoms with Crippen molar-refractivity contribution in [2.75, 3.05) is 13.1 Å². The summed E-state index contributed by atoms with van der Waals surface area (Å²) in [6, 6.07) is 7.03. The molecule has 0 aliphatic carbocycles. The second kappa shape index (κ2) is 6.35. The van der Waals surface area contributed by atoms with Gasteiger partial charge in [-0.15, -0.1) is 0 Å². The largest absolute Gasteiger partial charge is 0.326 e. The van der Waals surface area contributed by atoms with Gasteiger partial charge in [-0.3, -0.25) is 19.8 Å². The van der Waals surface area contributed by atoms with E-state index in [9.17, 15) is 9.59 Å². The molecular weight excluding hydrogens is 278 g/mol. The summed E-state index contributed by atoms with van der Waals surface area (Å²) < 4.78 is 0. The molecule has 1 saturated heterocycles. The Labute approximate surface area is 123 Å². The first-order chi connectivity index (χ1) is 9.51. The normalized spacial score (nSPS) is 19.6. The number of nitrogens with one attached hydrogen (secondary N) is 1. The quantitative estimate of drug-likeness (QED) is 0.815. The van der Waals surface area contributed by atoms with Gasteiger partial charge in [0.05, 0.1) is 19.1 Å².